The summed E-state index contributed by atoms with van der Waals surface area (Å²) < 4.78 is 14.7. The molecule has 0 radical (unpaired) electrons. The quantitative estimate of drug-likeness (QED) is 0.764. The van der Waals surface area contributed by atoms with Crippen molar-refractivity contribution in [1.82, 2.24) is 0 Å². The molecule has 0 saturated heterocycles. The van der Waals surface area contributed by atoms with Crippen LogP contribution >= 0.6 is 0 Å². The van der Waals surface area contributed by atoms with E-state index in [1.165, 1.54) is 5.56 Å². The Balaban J connectivity index is 1.73. The van der Waals surface area contributed by atoms with Gasteiger partial charge < -0.3 is 10.2 Å². The van der Waals surface area contributed by atoms with Crippen LogP contribution in [0.2, 0.25) is 0 Å². The summed E-state index contributed by atoms with van der Waals surface area (Å²) in [4.78, 5) is 0. The number of phenolic OH excluding ortho intramolecular Hbond substituents is 1. The van der Waals surface area contributed by atoms with Gasteiger partial charge in [0.1, 0.15) is 11.9 Å². The molecule has 2 nitrogen and oxygen atoms in total. The van der Waals surface area contributed by atoms with Crippen molar-refractivity contribution in [3.63, 3.8) is 0 Å². The topological polar surface area (TPSA) is 40.5 Å². The lowest BCUT2D eigenvalue weighted by molar-refractivity contribution is 0.0222. The molecule has 0 aliphatic heterocycles. The number of alkyl halides is 1. The predicted molar refractivity (Wildman–Crippen MR) is 74.4 cm³/mol. The van der Waals surface area contributed by atoms with Gasteiger partial charge in [-0.1, -0.05) is 6.07 Å². The van der Waals surface area contributed by atoms with Crippen molar-refractivity contribution in [1.29, 1.82) is 0 Å². The molecule has 0 heterocycles. The van der Waals surface area contributed by atoms with Crippen LogP contribution < -0.4 is 0 Å². The van der Waals surface area contributed by atoms with Gasteiger partial charge in [-0.05, 0) is 66.7 Å². The highest BCUT2D eigenvalue weighted by atomic mass is 19.1. The average molecular weight is 276 g/mol. The van der Waals surface area contributed by atoms with E-state index in [0.29, 0.717) is 18.3 Å². The van der Waals surface area contributed by atoms with Gasteiger partial charge in [0.05, 0.1) is 6.10 Å². The van der Waals surface area contributed by atoms with Crippen LogP contribution in [0.15, 0.2) is 18.2 Å². The monoisotopic (exact) mass is 276 g/mol. The first-order valence-corrected chi connectivity index (χ1v) is 7.79. The largest absolute Gasteiger partial charge is 0.508 e. The summed E-state index contributed by atoms with van der Waals surface area (Å²) in [5.74, 6) is 1.25. The molecule has 0 amide bonds. The molecule has 108 valence electrons. The zero-order valence-corrected chi connectivity index (χ0v) is 11.5. The number of fused-ring (bicyclic) bond motifs is 5. The van der Waals surface area contributed by atoms with Crippen molar-refractivity contribution in [3.8, 4) is 5.75 Å². The minimum absolute atomic E-state index is 0.0722. The second-order valence-electron chi connectivity index (χ2n) is 6.84. The lowest BCUT2D eigenvalue weighted by atomic mass is 9.60. The Hall–Kier alpha value is -1.09. The van der Waals surface area contributed by atoms with Crippen molar-refractivity contribution in [2.75, 3.05) is 0 Å². The van der Waals surface area contributed by atoms with Crippen LogP contribution in [-0.4, -0.2) is 22.5 Å². The van der Waals surface area contributed by atoms with Gasteiger partial charge in [0.25, 0.3) is 0 Å². The number of aliphatic hydroxyl groups excluding tert-OH is 1. The molecule has 4 rings (SSSR count). The smallest absolute Gasteiger partial charge is 0.115 e. The summed E-state index contributed by atoms with van der Waals surface area (Å²) in [6.07, 6.45) is 3.18. The van der Waals surface area contributed by atoms with Gasteiger partial charge in [0, 0.05) is 12.3 Å². The van der Waals surface area contributed by atoms with Crippen LogP contribution in [-0.2, 0) is 6.42 Å². The van der Waals surface area contributed by atoms with Gasteiger partial charge in [-0.25, -0.2) is 4.39 Å². The van der Waals surface area contributed by atoms with Crippen LogP contribution in [0.4, 0.5) is 4.39 Å². The first kappa shape index (κ1) is 12.6. The molecule has 1 aromatic rings. The Morgan fingerprint density at radius 2 is 1.85 bits per heavy atom. The standard InChI is InChI=1S/C17H21FO2/c18-15-8-9-7-10(19)1-2-11(9)13-4-3-12-14(17(13)15)5-6-16(12)20/h1-2,7,12-17,19-20H,3-6,8H2/t12-,13+,14+,15+,16?,17+/m0/s1. The van der Waals surface area contributed by atoms with Gasteiger partial charge in [0.2, 0.25) is 0 Å². The molecule has 20 heavy (non-hydrogen) atoms. The van der Waals surface area contributed by atoms with Crippen molar-refractivity contribution in [3.05, 3.63) is 29.3 Å². The molecule has 1 unspecified atom stereocenters. The van der Waals surface area contributed by atoms with Gasteiger partial charge in [-0.3, -0.25) is 0 Å². The highest BCUT2D eigenvalue weighted by molar-refractivity contribution is 5.40. The minimum Gasteiger partial charge on any atom is -0.508 e. The van der Waals surface area contributed by atoms with Gasteiger partial charge in [0.15, 0.2) is 0 Å². The number of aromatic hydroxyl groups is 1. The summed E-state index contributed by atoms with van der Waals surface area (Å²) in [6, 6.07) is 5.44. The Morgan fingerprint density at radius 1 is 1.05 bits per heavy atom. The van der Waals surface area contributed by atoms with Crippen molar-refractivity contribution in [2.45, 2.75) is 50.3 Å². The number of rotatable bonds is 0. The second-order valence-corrected chi connectivity index (χ2v) is 6.84. The Bertz CT molecular complexity index is 530. The molecule has 2 saturated carbocycles. The van der Waals surface area contributed by atoms with E-state index in [4.69, 9.17) is 0 Å². The molecular formula is C17H21FO2. The maximum atomic E-state index is 14.7. The lowest BCUT2D eigenvalue weighted by Crippen LogP contribution is -2.42. The maximum Gasteiger partial charge on any atom is 0.115 e. The fourth-order valence-corrected chi connectivity index (χ4v) is 5.18. The SMILES string of the molecule is Oc1ccc2c(c1)C[C@@H](F)[C@H]1[C@@H]3CCC(O)[C@H]3CC[C@H]21. The predicted octanol–water partition coefficient (Wildman–Crippen LogP) is 3.17. The van der Waals surface area contributed by atoms with E-state index in [1.54, 1.807) is 12.1 Å². The Kier molecular flexibility index (Phi) is 2.81. The van der Waals surface area contributed by atoms with E-state index in [0.717, 1.165) is 31.2 Å². The number of hydrogen-bond acceptors (Lipinski definition) is 2. The first-order valence-electron chi connectivity index (χ1n) is 7.79. The van der Waals surface area contributed by atoms with E-state index in [1.807, 2.05) is 6.07 Å². The van der Waals surface area contributed by atoms with E-state index in [9.17, 15) is 14.6 Å². The van der Waals surface area contributed by atoms with E-state index in [-0.39, 0.29) is 23.7 Å². The van der Waals surface area contributed by atoms with E-state index in [2.05, 4.69) is 0 Å². The number of halogens is 1. The molecule has 1 aromatic carbocycles. The van der Waals surface area contributed by atoms with Gasteiger partial charge >= 0.3 is 0 Å². The molecule has 0 spiro atoms. The third-order valence-electron chi connectivity index (χ3n) is 5.97. The molecule has 3 aliphatic rings. The summed E-state index contributed by atoms with van der Waals surface area (Å²) in [7, 11) is 0. The average Bonchev–Trinajstić information content (AvgIpc) is 2.80. The van der Waals surface area contributed by atoms with Crippen LogP contribution in [0.3, 0.4) is 0 Å². The molecule has 2 N–H and O–H groups in total. The first-order chi connectivity index (χ1) is 9.65. The zero-order chi connectivity index (χ0) is 13.9. The van der Waals surface area contributed by atoms with Crippen LogP contribution in [0.1, 0.15) is 42.7 Å². The minimum atomic E-state index is -0.826. The second kappa shape index (κ2) is 4.45. The molecule has 6 atom stereocenters. The Morgan fingerprint density at radius 3 is 2.70 bits per heavy atom. The van der Waals surface area contributed by atoms with Crippen molar-refractivity contribution < 1.29 is 14.6 Å². The third-order valence-corrected chi connectivity index (χ3v) is 5.97. The highest BCUT2D eigenvalue weighted by Crippen LogP contribution is 2.55. The molecule has 3 heteroatoms. The molecule has 0 aromatic heterocycles. The molecule has 2 fully saturated rings. The highest BCUT2D eigenvalue weighted by Gasteiger charge is 2.51. The number of phenols is 1. The third kappa shape index (κ3) is 1.72. The lowest BCUT2D eigenvalue weighted by Gasteiger charge is -2.46. The zero-order valence-electron chi connectivity index (χ0n) is 11.5. The van der Waals surface area contributed by atoms with Crippen molar-refractivity contribution >= 4 is 0 Å². The Labute approximate surface area is 118 Å². The fourth-order valence-electron chi connectivity index (χ4n) is 5.18. The fraction of sp³-hybridized carbons (Fsp3) is 0.647. The maximum absolute atomic E-state index is 14.7. The molecular weight excluding hydrogens is 255 g/mol. The van der Waals surface area contributed by atoms with Gasteiger partial charge in [-0.2, -0.15) is 0 Å². The summed E-state index contributed by atoms with van der Waals surface area (Å²) in [6.45, 7) is 0. The van der Waals surface area contributed by atoms with Gasteiger partial charge in [-0.15, -0.1) is 0 Å². The normalized spacial score (nSPS) is 42.7. The molecule has 0 bridgehead atoms. The number of aliphatic hydroxyl groups is 1. The molecule has 3 aliphatic carbocycles. The number of hydrogen-bond donors (Lipinski definition) is 2. The van der Waals surface area contributed by atoms with Crippen LogP contribution in [0.25, 0.3) is 0 Å². The van der Waals surface area contributed by atoms with Crippen LogP contribution in [0, 0.1) is 17.8 Å². The summed E-state index contributed by atoms with van der Waals surface area (Å²) >= 11 is 0. The van der Waals surface area contributed by atoms with Crippen molar-refractivity contribution in [2.24, 2.45) is 17.8 Å². The van der Waals surface area contributed by atoms with E-state index < -0.39 is 6.17 Å². The van der Waals surface area contributed by atoms with E-state index >= 15 is 0 Å². The van der Waals surface area contributed by atoms with Crippen LogP contribution in [0.5, 0.6) is 5.75 Å². The number of benzene rings is 1. The summed E-state index contributed by atoms with van der Waals surface area (Å²) in [5, 5.41) is 19.7. The summed E-state index contributed by atoms with van der Waals surface area (Å²) in [5.41, 5.74) is 2.22.